The highest BCUT2D eigenvalue weighted by molar-refractivity contribution is 6.12. The number of para-hydroxylation sites is 3. The predicted octanol–water partition coefficient (Wildman–Crippen LogP) is 13.4. The van der Waals surface area contributed by atoms with Crippen molar-refractivity contribution >= 4 is 89.7 Å². The molecule has 3 aromatic heterocycles. The summed E-state index contributed by atoms with van der Waals surface area (Å²) >= 11 is 0. The Hall–Kier alpha value is -6.58. The molecule has 254 valence electrons. The van der Waals surface area contributed by atoms with Gasteiger partial charge < -0.3 is 13.7 Å². The molecule has 0 saturated carbocycles. The first-order valence-corrected chi connectivity index (χ1v) is 18.7. The van der Waals surface area contributed by atoms with E-state index in [-0.39, 0.29) is 0 Å². The second-order valence-corrected chi connectivity index (χ2v) is 14.0. The van der Waals surface area contributed by atoms with Crippen LogP contribution >= 0.6 is 0 Å². The van der Waals surface area contributed by atoms with Gasteiger partial charge in [0.1, 0.15) is 0 Å². The molecular weight excluding hydrogens is 643 g/mol. The molecule has 53 heavy (non-hydrogen) atoms. The van der Waals surface area contributed by atoms with Crippen molar-refractivity contribution in [2.24, 2.45) is 0 Å². The van der Waals surface area contributed by atoms with Crippen LogP contribution in [0.5, 0.6) is 0 Å². The van der Waals surface area contributed by atoms with Crippen LogP contribution in [0.1, 0.15) is 36.1 Å². The summed E-state index contributed by atoms with van der Waals surface area (Å²) < 4.78 is 7.23. The van der Waals surface area contributed by atoms with Crippen LogP contribution in [0.4, 0.5) is 0 Å². The van der Waals surface area contributed by atoms with E-state index >= 15 is 0 Å². The van der Waals surface area contributed by atoms with Gasteiger partial charge >= 0.3 is 0 Å². The van der Waals surface area contributed by atoms with Gasteiger partial charge in [0.25, 0.3) is 0 Å². The van der Waals surface area contributed by atoms with Gasteiger partial charge in [-0.05, 0) is 96.8 Å². The molecule has 7 aromatic carbocycles. The summed E-state index contributed by atoms with van der Waals surface area (Å²) in [5.41, 5.74) is 13.5. The Morgan fingerprint density at radius 1 is 0.340 bits per heavy atom. The second kappa shape index (κ2) is 12.6. The fourth-order valence-electron chi connectivity index (χ4n) is 8.53. The normalized spacial score (nSPS) is 12.3. The average molecular weight is 682 g/mol. The molecule has 10 aromatic rings. The van der Waals surface area contributed by atoms with Crippen LogP contribution in [-0.2, 0) is 13.1 Å². The molecule has 0 radical (unpaired) electrons. The summed E-state index contributed by atoms with van der Waals surface area (Å²) in [6.07, 6.45) is 9.00. The van der Waals surface area contributed by atoms with E-state index in [4.69, 9.17) is 0 Å². The van der Waals surface area contributed by atoms with Crippen LogP contribution in [0.2, 0.25) is 0 Å². The maximum atomic E-state index is 2.42. The van der Waals surface area contributed by atoms with Crippen molar-refractivity contribution in [1.29, 1.82) is 0 Å². The molecule has 0 spiro atoms. The largest absolute Gasteiger partial charge is 0.341 e. The standard InChI is InChI=1S/C50H39N3/c1-3-51-45-16-10-8-14-39(45)41-26-22-36(32-49(41)51)20-18-34-24-28-47-43(30-34)44-31-35(25-29-48(44)53(47)38-12-6-5-7-13-38)19-21-37-23-27-42-40-15-9-11-17-46(40)52(4-2)50(42)33-37/h5-33H,3-4H2,1-2H3/b20-18-,21-19+. The molecule has 0 aliphatic rings. The zero-order valence-corrected chi connectivity index (χ0v) is 30.0. The average Bonchev–Trinajstić information content (AvgIpc) is 3.83. The Kier molecular flexibility index (Phi) is 7.40. The molecule has 3 nitrogen and oxygen atoms in total. The molecule has 0 unspecified atom stereocenters. The summed E-state index contributed by atoms with van der Waals surface area (Å²) in [7, 11) is 0. The summed E-state index contributed by atoms with van der Waals surface area (Å²) in [6, 6.07) is 55.5. The van der Waals surface area contributed by atoms with Crippen molar-refractivity contribution < 1.29 is 0 Å². The minimum Gasteiger partial charge on any atom is -0.341 e. The smallest absolute Gasteiger partial charge is 0.0541 e. The van der Waals surface area contributed by atoms with E-state index in [9.17, 15) is 0 Å². The van der Waals surface area contributed by atoms with Crippen LogP contribution in [0.25, 0.3) is 95.4 Å². The van der Waals surface area contributed by atoms with Crippen molar-refractivity contribution in [3.63, 3.8) is 0 Å². The monoisotopic (exact) mass is 681 g/mol. The Morgan fingerprint density at radius 3 is 1.21 bits per heavy atom. The van der Waals surface area contributed by atoms with Gasteiger partial charge in [-0.3, -0.25) is 0 Å². The van der Waals surface area contributed by atoms with E-state index in [2.05, 4.69) is 204 Å². The number of hydrogen-bond donors (Lipinski definition) is 0. The van der Waals surface area contributed by atoms with Crippen molar-refractivity contribution in [1.82, 2.24) is 13.7 Å². The van der Waals surface area contributed by atoms with E-state index in [1.54, 1.807) is 0 Å². The lowest BCUT2D eigenvalue weighted by Crippen LogP contribution is -1.93. The predicted molar refractivity (Wildman–Crippen MR) is 229 cm³/mol. The van der Waals surface area contributed by atoms with Gasteiger partial charge in [0.05, 0.1) is 11.0 Å². The molecule has 0 aliphatic heterocycles. The maximum absolute atomic E-state index is 2.42. The highest BCUT2D eigenvalue weighted by Gasteiger charge is 2.14. The molecule has 3 heterocycles. The lowest BCUT2D eigenvalue weighted by Gasteiger charge is -2.07. The molecular formula is C50H39N3. The topological polar surface area (TPSA) is 14.8 Å². The van der Waals surface area contributed by atoms with E-state index < -0.39 is 0 Å². The minimum absolute atomic E-state index is 0.941. The number of aromatic nitrogens is 3. The Morgan fingerprint density at radius 2 is 0.736 bits per heavy atom. The highest BCUT2D eigenvalue weighted by atomic mass is 15.0. The molecule has 0 fully saturated rings. The molecule has 0 saturated heterocycles. The summed E-state index contributed by atoms with van der Waals surface area (Å²) in [6.45, 7) is 6.33. The molecule has 0 N–H and O–H groups in total. The van der Waals surface area contributed by atoms with Crippen LogP contribution in [0.3, 0.4) is 0 Å². The van der Waals surface area contributed by atoms with Crippen LogP contribution < -0.4 is 0 Å². The van der Waals surface area contributed by atoms with E-state index in [0.29, 0.717) is 0 Å². The number of aryl methyl sites for hydroxylation is 2. The summed E-state index contributed by atoms with van der Waals surface area (Å²) in [5, 5.41) is 7.74. The first-order valence-electron chi connectivity index (χ1n) is 18.7. The van der Waals surface area contributed by atoms with Crippen molar-refractivity contribution in [2.45, 2.75) is 26.9 Å². The van der Waals surface area contributed by atoms with Gasteiger partial charge in [0.15, 0.2) is 0 Å². The van der Waals surface area contributed by atoms with Gasteiger partial charge in [0.2, 0.25) is 0 Å². The third kappa shape index (κ3) is 5.11. The molecule has 0 atom stereocenters. The molecule has 10 rings (SSSR count). The Balaban J connectivity index is 1.05. The molecule has 0 amide bonds. The molecule has 3 heteroatoms. The Labute approximate surface area is 308 Å². The van der Waals surface area contributed by atoms with E-state index in [1.807, 2.05) is 0 Å². The zero-order valence-electron chi connectivity index (χ0n) is 30.0. The lowest BCUT2D eigenvalue weighted by atomic mass is 10.0. The lowest BCUT2D eigenvalue weighted by molar-refractivity contribution is 0.827. The third-order valence-electron chi connectivity index (χ3n) is 11.0. The van der Waals surface area contributed by atoms with Crippen molar-refractivity contribution in [3.8, 4) is 5.69 Å². The first kappa shape index (κ1) is 31.2. The highest BCUT2D eigenvalue weighted by Crippen LogP contribution is 2.35. The van der Waals surface area contributed by atoms with Crippen LogP contribution in [0.15, 0.2) is 152 Å². The maximum Gasteiger partial charge on any atom is 0.0541 e. The van der Waals surface area contributed by atoms with Gasteiger partial charge in [0, 0.05) is 73.2 Å². The van der Waals surface area contributed by atoms with E-state index in [1.165, 1.54) is 93.4 Å². The number of fused-ring (bicyclic) bond motifs is 9. The number of nitrogens with zero attached hydrogens (tertiary/aromatic N) is 3. The summed E-state index contributed by atoms with van der Waals surface area (Å²) in [4.78, 5) is 0. The Bertz CT molecular complexity index is 2880. The molecule has 0 aliphatic carbocycles. The van der Waals surface area contributed by atoms with Crippen LogP contribution in [0, 0.1) is 0 Å². The van der Waals surface area contributed by atoms with Gasteiger partial charge in [-0.25, -0.2) is 0 Å². The van der Waals surface area contributed by atoms with Gasteiger partial charge in [-0.1, -0.05) is 115 Å². The quantitative estimate of drug-likeness (QED) is 0.149. The first-order chi connectivity index (χ1) is 26.2. The zero-order chi connectivity index (χ0) is 35.5. The fourth-order valence-corrected chi connectivity index (χ4v) is 8.53. The molecule has 0 bridgehead atoms. The fraction of sp³-hybridized carbons (Fsp3) is 0.0800. The number of hydrogen-bond acceptors (Lipinski definition) is 0. The van der Waals surface area contributed by atoms with Gasteiger partial charge in [-0.2, -0.15) is 0 Å². The second-order valence-electron chi connectivity index (χ2n) is 14.0. The summed E-state index contributed by atoms with van der Waals surface area (Å²) in [5.74, 6) is 0. The van der Waals surface area contributed by atoms with Crippen LogP contribution in [-0.4, -0.2) is 13.7 Å². The van der Waals surface area contributed by atoms with E-state index in [0.717, 1.165) is 13.1 Å². The number of rotatable bonds is 7. The van der Waals surface area contributed by atoms with Gasteiger partial charge in [-0.15, -0.1) is 0 Å². The third-order valence-corrected chi connectivity index (χ3v) is 11.0. The minimum atomic E-state index is 0.941. The SMILES string of the molecule is CCn1c2ccccc2c2ccc(/C=C\c3ccc4c(c3)c3cc(/C=C/c5ccc6c7ccccc7n(CC)c6c5)ccc3n4-c3ccccc3)cc21. The number of benzene rings is 7. The van der Waals surface area contributed by atoms with Crippen molar-refractivity contribution in [3.05, 3.63) is 174 Å². The van der Waals surface area contributed by atoms with Crippen molar-refractivity contribution in [2.75, 3.05) is 0 Å².